The molecule has 106 valence electrons. The van der Waals surface area contributed by atoms with Crippen LogP contribution in [0.15, 0.2) is 24.3 Å². The SMILES string of the molecule is N[C@@H]1C[C@H](N)[C@@H](OCc2cccc(I)c2)[C@H](O)[C@H]1O. The second kappa shape index (κ2) is 6.47. The molecule has 1 aromatic carbocycles. The number of benzene rings is 1. The Morgan fingerprint density at radius 1 is 1.21 bits per heavy atom. The van der Waals surface area contributed by atoms with Crippen LogP contribution in [-0.4, -0.2) is 40.6 Å². The molecule has 0 bridgehead atoms. The van der Waals surface area contributed by atoms with Gasteiger partial charge in [-0.15, -0.1) is 0 Å². The maximum atomic E-state index is 9.97. The molecular weight excluding hydrogens is 359 g/mol. The molecule has 0 aromatic heterocycles. The van der Waals surface area contributed by atoms with E-state index in [1.807, 2.05) is 24.3 Å². The summed E-state index contributed by atoms with van der Waals surface area (Å²) in [6.07, 6.45) is -2.18. The normalized spacial score (nSPS) is 35.3. The number of aliphatic hydroxyl groups is 2. The maximum Gasteiger partial charge on any atom is 0.109 e. The van der Waals surface area contributed by atoms with Gasteiger partial charge in [-0.05, 0) is 46.7 Å². The van der Waals surface area contributed by atoms with E-state index in [1.54, 1.807) is 0 Å². The van der Waals surface area contributed by atoms with Gasteiger partial charge in [0, 0.05) is 15.7 Å². The molecule has 1 aliphatic rings. The van der Waals surface area contributed by atoms with Crippen LogP contribution in [-0.2, 0) is 11.3 Å². The molecule has 6 heteroatoms. The van der Waals surface area contributed by atoms with Crippen molar-refractivity contribution in [1.29, 1.82) is 0 Å². The van der Waals surface area contributed by atoms with Crippen molar-refractivity contribution in [2.75, 3.05) is 0 Å². The number of nitrogens with two attached hydrogens (primary N) is 2. The number of aliphatic hydroxyl groups excluding tert-OH is 2. The Labute approximate surface area is 126 Å². The Morgan fingerprint density at radius 2 is 1.95 bits per heavy atom. The molecule has 2 rings (SSSR count). The topological polar surface area (TPSA) is 102 Å². The summed E-state index contributed by atoms with van der Waals surface area (Å²) < 4.78 is 6.79. The van der Waals surface area contributed by atoms with Gasteiger partial charge in [0.1, 0.15) is 12.2 Å². The van der Waals surface area contributed by atoms with Crippen LogP contribution in [0.3, 0.4) is 0 Å². The average molecular weight is 378 g/mol. The van der Waals surface area contributed by atoms with Gasteiger partial charge in [0.2, 0.25) is 0 Å². The molecule has 0 spiro atoms. The van der Waals surface area contributed by atoms with E-state index in [0.29, 0.717) is 13.0 Å². The summed E-state index contributed by atoms with van der Waals surface area (Å²) in [6.45, 7) is 0.355. The van der Waals surface area contributed by atoms with Gasteiger partial charge in [-0.3, -0.25) is 0 Å². The molecule has 0 amide bonds. The Morgan fingerprint density at radius 3 is 2.63 bits per heavy atom. The Balaban J connectivity index is 1.98. The van der Waals surface area contributed by atoms with Gasteiger partial charge in [0.25, 0.3) is 0 Å². The smallest absolute Gasteiger partial charge is 0.109 e. The molecule has 5 atom stereocenters. The van der Waals surface area contributed by atoms with Crippen LogP contribution in [0.5, 0.6) is 0 Å². The fourth-order valence-corrected chi connectivity index (χ4v) is 2.94. The molecule has 0 aliphatic heterocycles. The van der Waals surface area contributed by atoms with Crippen molar-refractivity contribution >= 4 is 22.6 Å². The first kappa shape index (κ1) is 15.1. The highest BCUT2D eigenvalue weighted by molar-refractivity contribution is 14.1. The molecular formula is C13H19IN2O3. The summed E-state index contributed by atoms with van der Waals surface area (Å²) in [7, 11) is 0. The number of hydrogen-bond donors (Lipinski definition) is 4. The minimum atomic E-state index is -1.04. The first-order chi connectivity index (χ1) is 8.99. The van der Waals surface area contributed by atoms with Crippen LogP contribution in [0.4, 0.5) is 0 Å². The standard InChI is InChI=1S/C13H19IN2O3/c14-8-3-1-2-7(4-8)6-19-13-10(16)5-9(15)11(17)12(13)18/h1-4,9-13,17-18H,5-6,15-16H2/t9-,10+,11+,12-,13-/m1/s1. The molecule has 1 aromatic rings. The van der Waals surface area contributed by atoms with Crippen molar-refractivity contribution in [3.05, 3.63) is 33.4 Å². The zero-order chi connectivity index (χ0) is 14.0. The van der Waals surface area contributed by atoms with Crippen molar-refractivity contribution in [3.63, 3.8) is 0 Å². The first-order valence-corrected chi connectivity index (χ1v) is 7.30. The average Bonchev–Trinajstić information content (AvgIpc) is 2.36. The number of ether oxygens (including phenoxy) is 1. The fraction of sp³-hybridized carbons (Fsp3) is 0.538. The van der Waals surface area contributed by atoms with Crippen molar-refractivity contribution < 1.29 is 14.9 Å². The molecule has 0 radical (unpaired) electrons. The van der Waals surface area contributed by atoms with Gasteiger partial charge in [-0.25, -0.2) is 0 Å². The molecule has 1 aliphatic carbocycles. The minimum absolute atomic E-state index is 0.355. The van der Waals surface area contributed by atoms with Gasteiger partial charge in [-0.2, -0.15) is 0 Å². The fourth-order valence-electron chi connectivity index (χ4n) is 2.33. The predicted molar refractivity (Wildman–Crippen MR) is 80.3 cm³/mol. The number of halogens is 1. The lowest BCUT2D eigenvalue weighted by Crippen LogP contribution is -2.61. The lowest BCUT2D eigenvalue weighted by Gasteiger charge is -2.39. The van der Waals surface area contributed by atoms with E-state index in [1.165, 1.54) is 0 Å². The van der Waals surface area contributed by atoms with Gasteiger partial charge < -0.3 is 26.4 Å². The van der Waals surface area contributed by atoms with Gasteiger partial charge in [0.15, 0.2) is 0 Å². The summed E-state index contributed by atoms with van der Waals surface area (Å²) >= 11 is 2.23. The highest BCUT2D eigenvalue weighted by Crippen LogP contribution is 2.22. The molecule has 5 nitrogen and oxygen atoms in total. The summed E-state index contributed by atoms with van der Waals surface area (Å²) in [5.74, 6) is 0. The van der Waals surface area contributed by atoms with E-state index in [9.17, 15) is 10.2 Å². The van der Waals surface area contributed by atoms with Gasteiger partial charge in [0.05, 0.1) is 12.7 Å². The van der Waals surface area contributed by atoms with E-state index in [4.69, 9.17) is 16.2 Å². The largest absolute Gasteiger partial charge is 0.389 e. The first-order valence-electron chi connectivity index (χ1n) is 6.22. The van der Waals surface area contributed by atoms with Gasteiger partial charge in [-0.1, -0.05) is 12.1 Å². The lowest BCUT2D eigenvalue weighted by atomic mass is 9.85. The van der Waals surface area contributed by atoms with Crippen LogP contribution in [0.1, 0.15) is 12.0 Å². The second-order valence-corrected chi connectivity index (χ2v) is 6.20. The third kappa shape index (κ3) is 3.65. The Kier molecular flexibility index (Phi) is 5.15. The van der Waals surface area contributed by atoms with E-state index in [0.717, 1.165) is 9.13 Å². The van der Waals surface area contributed by atoms with Crippen LogP contribution in [0.25, 0.3) is 0 Å². The molecule has 0 saturated heterocycles. The second-order valence-electron chi connectivity index (χ2n) is 4.95. The summed E-state index contributed by atoms with van der Waals surface area (Å²) in [5, 5.41) is 19.7. The highest BCUT2D eigenvalue weighted by atomic mass is 127. The molecule has 0 unspecified atom stereocenters. The number of rotatable bonds is 3. The Hall–Kier alpha value is -0.250. The molecule has 0 heterocycles. The third-order valence-electron chi connectivity index (χ3n) is 3.42. The van der Waals surface area contributed by atoms with Crippen molar-refractivity contribution in [2.24, 2.45) is 11.5 Å². The quantitative estimate of drug-likeness (QED) is 0.553. The van der Waals surface area contributed by atoms with Crippen molar-refractivity contribution in [2.45, 2.75) is 43.4 Å². The lowest BCUT2D eigenvalue weighted by molar-refractivity contribution is -0.131. The molecule has 1 fully saturated rings. The van der Waals surface area contributed by atoms with Crippen LogP contribution >= 0.6 is 22.6 Å². The van der Waals surface area contributed by atoms with Crippen LogP contribution < -0.4 is 11.5 Å². The third-order valence-corrected chi connectivity index (χ3v) is 4.09. The Bertz CT molecular complexity index is 432. The van der Waals surface area contributed by atoms with Crippen molar-refractivity contribution in [1.82, 2.24) is 0 Å². The van der Waals surface area contributed by atoms with Crippen molar-refractivity contribution in [3.8, 4) is 0 Å². The zero-order valence-electron chi connectivity index (χ0n) is 10.4. The van der Waals surface area contributed by atoms with Crippen LogP contribution in [0.2, 0.25) is 0 Å². The summed E-state index contributed by atoms with van der Waals surface area (Å²) in [4.78, 5) is 0. The maximum absolute atomic E-state index is 9.97. The summed E-state index contributed by atoms with van der Waals surface area (Å²) in [5.41, 5.74) is 12.7. The highest BCUT2D eigenvalue weighted by Gasteiger charge is 2.41. The van der Waals surface area contributed by atoms with E-state index in [-0.39, 0.29) is 6.04 Å². The van der Waals surface area contributed by atoms with E-state index < -0.39 is 24.4 Å². The predicted octanol–water partition coefficient (Wildman–Crippen LogP) is -0.0435. The van der Waals surface area contributed by atoms with E-state index in [2.05, 4.69) is 22.6 Å². The minimum Gasteiger partial charge on any atom is -0.389 e. The summed E-state index contributed by atoms with van der Waals surface area (Å²) in [6, 6.07) is 7.03. The molecule has 19 heavy (non-hydrogen) atoms. The van der Waals surface area contributed by atoms with Gasteiger partial charge >= 0.3 is 0 Å². The molecule has 6 N–H and O–H groups in total. The number of hydrogen-bond acceptors (Lipinski definition) is 5. The van der Waals surface area contributed by atoms with Crippen LogP contribution in [0, 0.1) is 3.57 Å². The monoisotopic (exact) mass is 378 g/mol. The zero-order valence-corrected chi connectivity index (χ0v) is 12.6. The molecule has 1 saturated carbocycles. The van der Waals surface area contributed by atoms with E-state index >= 15 is 0 Å².